The monoisotopic (exact) mass is 150 g/mol. The number of hydrogen-bond donors (Lipinski definition) is 2. The summed E-state index contributed by atoms with van der Waals surface area (Å²) in [6.07, 6.45) is 0. The molecular weight excluding hydrogens is 147 g/mol. The van der Waals surface area contributed by atoms with Crippen LogP contribution >= 0.6 is 0 Å². The van der Waals surface area contributed by atoms with E-state index < -0.39 is 14.6 Å². The van der Waals surface area contributed by atoms with Crippen molar-refractivity contribution in [1.82, 2.24) is 0 Å². The standard InChI is InChI=1S/B2F2H2O5.Li.H/c3-8-2(9-4)7-1(5)6;;/h5-6H;;. The van der Waals surface area contributed by atoms with E-state index in [1.54, 1.807) is 0 Å². The number of halogens is 2. The molecule has 0 amide bonds. The van der Waals surface area contributed by atoms with Crippen molar-refractivity contribution in [3.8, 4) is 0 Å². The van der Waals surface area contributed by atoms with Gasteiger partial charge in [0.2, 0.25) is 0 Å². The summed E-state index contributed by atoms with van der Waals surface area (Å²) in [6.45, 7) is 0. The molecule has 0 unspecified atom stereocenters. The van der Waals surface area contributed by atoms with Crippen LogP contribution in [-0.2, 0) is 14.3 Å². The zero-order chi connectivity index (χ0) is 7.28. The van der Waals surface area contributed by atoms with Crippen LogP contribution in [0.25, 0.3) is 0 Å². The van der Waals surface area contributed by atoms with Crippen molar-refractivity contribution in [1.29, 1.82) is 0 Å². The molecule has 0 fully saturated rings. The van der Waals surface area contributed by atoms with E-state index in [0.29, 0.717) is 0 Å². The van der Waals surface area contributed by atoms with Crippen molar-refractivity contribution in [3.63, 3.8) is 0 Å². The van der Waals surface area contributed by atoms with Gasteiger partial charge in [0, 0.05) is 0 Å². The second kappa shape index (κ2) is 7.49. The summed E-state index contributed by atoms with van der Waals surface area (Å²) in [5.41, 5.74) is 0. The molecule has 0 saturated heterocycles. The fraction of sp³-hybridized carbons (Fsp3) is 0. The van der Waals surface area contributed by atoms with Gasteiger partial charge in [-0.25, -0.2) is 0 Å². The third kappa shape index (κ3) is 6.51. The summed E-state index contributed by atoms with van der Waals surface area (Å²) < 4.78 is 25.1. The molecule has 0 aliphatic rings. The molecule has 0 aromatic heterocycles. The van der Waals surface area contributed by atoms with Crippen LogP contribution in [0.2, 0.25) is 0 Å². The fourth-order valence-electron chi connectivity index (χ4n) is 0.155. The molecule has 0 aliphatic carbocycles. The Kier molecular flexibility index (Phi) is 9.75. The van der Waals surface area contributed by atoms with Gasteiger partial charge in [-0.05, 0) is 0 Å². The van der Waals surface area contributed by atoms with E-state index in [1.165, 1.54) is 0 Å². The van der Waals surface area contributed by atoms with Gasteiger partial charge in [-0.3, -0.25) is 0 Å². The normalized spacial score (nSPS) is 8.40. The molecule has 10 heavy (non-hydrogen) atoms. The van der Waals surface area contributed by atoms with Crippen LogP contribution in [0.3, 0.4) is 0 Å². The summed E-state index contributed by atoms with van der Waals surface area (Å²) in [7, 11) is -4.70. The molecule has 0 bridgehead atoms. The maximum absolute atomic E-state index is 10.8. The quantitative estimate of drug-likeness (QED) is 0.458. The molecule has 10 heteroatoms. The third-order valence-electron chi connectivity index (χ3n) is 0.378. The van der Waals surface area contributed by atoms with Crippen molar-refractivity contribution in [3.05, 3.63) is 0 Å². The van der Waals surface area contributed by atoms with Crippen LogP contribution in [0.4, 0.5) is 9.05 Å². The topological polar surface area (TPSA) is 68.2 Å². The Morgan fingerprint density at radius 3 is 1.60 bits per heavy atom. The van der Waals surface area contributed by atoms with Crippen LogP contribution in [0.15, 0.2) is 0 Å². The van der Waals surface area contributed by atoms with E-state index >= 15 is 0 Å². The van der Waals surface area contributed by atoms with Gasteiger partial charge in [0.25, 0.3) is 0 Å². The molecule has 0 aromatic carbocycles. The average Bonchev–Trinajstić information content (AvgIpc) is 1.82. The van der Waals surface area contributed by atoms with E-state index in [-0.39, 0.29) is 18.9 Å². The number of hydrogen-bond acceptors (Lipinski definition) is 5. The summed E-state index contributed by atoms with van der Waals surface area (Å²) in [5.74, 6) is 0. The van der Waals surface area contributed by atoms with E-state index in [4.69, 9.17) is 10.0 Å². The van der Waals surface area contributed by atoms with Crippen molar-refractivity contribution in [2.45, 2.75) is 0 Å². The van der Waals surface area contributed by atoms with Crippen molar-refractivity contribution >= 4 is 33.5 Å². The van der Waals surface area contributed by atoms with Gasteiger partial charge >= 0.3 is 33.5 Å². The zero-order valence-electron chi connectivity index (χ0n) is 4.03. The van der Waals surface area contributed by atoms with Crippen LogP contribution in [0, 0.1) is 0 Å². The molecule has 0 aromatic rings. The number of rotatable bonds is 4. The van der Waals surface area contributed by atoms with E-state index in [9.17, 15) is 9.05 Å². The van der Waals surface area contributed by atoms with E-state index in [1.807, 2.05) is 0 Å². The van der Waals surface area contributed by atoms with Crippen LogP contribution in [0.5, 0.6) is 0 Å². The molecule has 0 spiro atoms. The average molecular weight is 150 g/mol. The minimum atomic E-state index is -2.36. The van der Waals surface area contributed by atoms with Crippen molar-refractivity contribution < 1.29 is 33.4 Å². The SMILES string of the molecule is OB(O)OB(OF)OF.[LiH]. The molecule has 54 valence electrons. The Morgan fingerprint density at radius 1 is 1.10 bits per heavy atom. The Hall–Kier alpha value is 0.387. The van der Waals surface area contributed by atoms with Gasteiger partial charge in [0.1, 0.15) is 0 Å². The van der Waals surface area contributed by atoms with Gasteiger partial charge in [0.15, 0.2) is 0 Å². The zero-order valence-corrected chi connectivity index (χ0v) is 4.03. The second-order valence-electron chi connectivity index (χ2n) is 0.929. The molecule has 0 rings (SSSR count). The first-order chi connectivity index (χ1) is 4.20. The molecule has 0 saturated carbocycles. The van der Waals surface area contributed by atoms with Crippen LogP contribution < -0.4 is 0 Å². The first-order valence-electron chi connectivity index (χ1n) is 1.77. The Labute approximate surface area is 67.6 Å². The molecule has 0 atom stereocenters. The van der Waals surface area contributed by atoms with Gasteiger partial charge in [0.05, 0.1) is 0 Å². The Morgan fingerprint density at radius 2 is 1.50 bits per heavy atom. The van der Waals surface area contributed by atoms with Crippen molar-refractivity contribution in [2.75, 3.05) is 0 Å². The van der Waals surface area contributed by atoms with Gasteiger partial charge in [-0.15, -0.1) is 0 Å². The van der Waals surface area contributed by atoms with Crippen LogP contribution in [0.1, 0.15) is 0 Å². The van der Waals surface area contributed by atoms with Crippen molar-refractivity contribution in [2.24, 2.45) is 0 Å². The van der Waals surface area contributed by atoms with E-state index in [2.05, 4.69) is 14.3 Å². The maximum atomic E-state index is 10.8. The molecule has 2 N–H and O–H groups in total. The summed E-state index contributed by atoms with van der Waals surface area (Å²) in [5, 5.41) is 15.6. The fourth-order valence-corrected chi connectivity index (χ4v) is 0.155. The van der Waals surface area contributed by atoms with E-state index in [0.717, 1.165) is 0 Å². The third-order valence-corrected chi connectivity index (χ3v) is 0.378. The molecule has 0 aliphatic heterocycles. The van der Waals surface area contributed by atoms with Gasteiger partial charge in [-0.1, -0.05) is 9.05 Å². The Bertz CT molecular complexity index is 68.7. The predicted octanol–water partition coefficient (Wildman–Crippen LogP) is -1.89. The summed E-state index contributed by atoms with van der Waals surface area (Å²) >= 11 is 0. The summed E-state index contributed by atoms with van der Waals surface area (Å²) in [4.78, 5) is 5.14. The summed E-state index contributed by atoms with van der Waals surface area (Å²) in [6, 6.07) is 0. The first-order valence-corrected chi connectivity index (χ1v) is 1.77. The molecule has 0 radical (unpaired) electrons. The second-order valence-corrected chi connectivity index (χ2v) is 0.929. The predicted molar refractivity (Wildman–Crippen MR) is 28.6 cm³/mol. The molecule has 5 nitrogen and oxygen atoms in total. The first kappa shape index (κ1) is 13.0. The van der Waals surface area contributed by atoms with Crippen LogP contribution in [-0.4, -0.2) is 43.6 Å². The van der Waals surface area contributed by atoms with Gasteiger partial charge < -0.3 is 14.6 Å². The minimum absolute atomic E-state index is 0. The Balaban J connectivity index is 0. The molecule has 0 heterocycles. The molecular formula is H3B2F2LiO5. The van der Waals surface area contributed by atoms with Gasteiger partial charge in [-0.2, -0.15) is 9.72 Å².